The minimum absolute atomic E-state index is 0.837. The van der Waals surface area contributed by atoms with E-state index in [1.165, 1.54) is 63.9 Å². The fourth-order valence-corrected chi connectivity index (χ4v) is 3.23. The van der Waals surface area contributed by atoms with Crippen LogP contribution in [0.3, 0.4) is 0 Å². The van der Waals surface area contributed by atoms with Gasteiger partial charge >= 0.3 is 0 Å². The molecule has 1 aromatic heterocycles. The molecule has 0 amide bonds. The van der Waals surface area contributed by atoms with Gasteiger partial charge in [-0.2, -0.15) is 5.10 Å². The van der Waals surface area contributed by atoms with Gasteiger partial charge in [-0.15, -0.1) is 0 Å². The molecule has 1 N–H and O–H groups in total. The summed E-state index contributed by atoms with van der Waals surface area (Å²) >= 11 is 0. The SMILES string of the molecule is c1cc(C[C@H]2CCCN(CC3CCC3)C2)[nH]n1. The molecule has 0 bridgehead atoms. The third kappa shape index (κ3) is 2.89. The Labute approximate surface area is 104 Å². The molecule has 17 heavy (non-hydrogen) atoms. The molecule has 1 saturated heterocycles. The number of aromatic amines is 1. The lowest BCUT2D eigenvalue weighted by Gasteiger charge is -2.37. The third-order valence-corrected chi connectivity index (χ3v) is 4.41. The molecular formula is C14H23N3. The van der Waals surface area contributed by atoms with E-state index in [0.717, 1.165) is 11.8 Å². The van der Waals surface area contributed by atoms with Crippen molar-refractivity contribution in [2.45, 2.75) is 38.5 Å². The molecule has 2 fully saturated rings. The predicted octanol–water partition coefficient (Wildman–Crippen LogP) is 2.46. The Balaban J connectivity index is 1.48. The molecule has 1 aliphatic heterocycles. The second kappa shape index (κ2) is 5.21. The van der Waals surface area contributed by atoms with Gasteiger partial charge in [0.15, 0.2) is 0 Å². The van der Waals surface area contributed by atoms with Crippen molar-refractivity contribution in [1.29, 1.82) is 0 Å². The quantitative estimate of drug-likeness (QED) is 0.866. The van der Waals surface area contributed by atoms with Gasteiger partial charge in [-0.25, -0.2) is 0 Å². The van der Waals surface area contributed by atoms with Crippen LogP contribution in [0.1, 0.15) is 37.8 Å². The number of nitrogens with one attached hydrogen (secondary N) is 1. The number of H-pyrrole nitrogens is 1. The summed E-state index contributed by atoms with van der Waals surface area (Å²) in [6.45, 7) is 3.99. The summed E-state index contributed by atoms with van der Waals surface area (Å²) in [5.41, 5.74) is 1.31. The molecule has 2 heterocycles. The van der Waals surface area contributed by atoms with E-state index in [2.05, 4.69) is 21.2 Å². The van der Waals surface area contributed by atoms with Gasteiger partial charge in [0.25, 0.3) is 0 Å². The fourth-order valence-electron chi connectivity index (χ4n) is 3.23. The van der Waals surface area contributed by atoms with E-state index in [1.54, 1.807) is 0 Å². The van der Waals surface area contributed by atoms with Crippen molar-refractivity contribution >= 4 is 0 Å². The molecular weight excluding hydrogens is 210 g/mol. The Morgan fingerprint density at radius 2 is 2.12 bits per heavy atom. The summed E-state index contributed by atoms with van der Waals surface area (Å²) in [6.07, 6.45) is 10.2. The first-order valence-electron chi connectivity index (χ1n) is 7.11. The summed E-state index contributed by atoms with van der Waals surface area (Å²) in [5.74, 6) is 1.85. The van der Waals surface area contributed by atoms with Gasteiger partial charge in [-0.1, -0.05) is 6.42 Å². The lowest BCUT2D eigenvalue weighted by molar-refractivity contribution is 0.123. The molecule has 1 atom stereocenters. The third-order valence-electron chi connectivity index (χ3n) is 4.41. The minimum Gasteiger partial charge on any atom is -0.303 e. The highest BCUT2D eigenvalue weighted by Crippen LogP contribution is 2.29. The zero-order valence-corrected chi connectivity index (χ0v) is 10.6. The number of aromatic nitrogens is 2. The Hall–Kier alpha value is -0.830. The summed E-state index contributed by atoms with van der Waals surface area (Å²) in [5, 5.41) is 7.13. The second-order valence-electron chi connectivity index (χ2n) is 5.85. The molecule has 3 heteroatoms. The van der Waals surface area contributed by atoms with Crippen molar-refractivity contribution < 1.29 is 0 Å². The van der Waals surface area contributed by atoms with Crippen molar-refractivity contribution in [3.05, 3.63) is 18.0 Å². The molecule has 3 rings (SSSR count). The average Bonchev–Trinajstić information content (AvgIpc) is 2.77. The van der Waals surface area contributed by atoms with E-state index in [-0.39, 0.29) is 0 Å². The van der Waals surface area contributed by atoms with Gasteiger partial charge in [0.1, 0.15) is 0 Å². The zero-order chi connectivity index (χ0) is 11.5. The Morgan fingerprint density at radius 1 is 1.24 bits per heavy atom. The van der Waals surface area contributed by atoms with Gasteiger partial charge in [0, 0.05) is 25.0 Å². The van der Waals surface area contributed by atoms with Crippen molar-refractivity contribution in [1.82, 2.24) is 15.1 Å². The molecule has 0 aromatic carbocycles. The van der Waals surface area contributed by atoms with E-state index < -0.39 is 0 Å². The van der Waals surface area contributed by atoms with E-state index in [4.69, 9.17) is 0 Å². The monoisotopic (exact) mass is 233 g/mol. The van der Waals surface area contributed by atoms with E-state index in [0.29, 0.717) is 0 Å². The highest BCUT2D eigenvalue weighted by molar-refractivity contribution is 4.99. The smallest absolute Gasteiger partial charge is 0.0490 e. The topological polar surface area (TPSA) is 31.9 Å². The van der Waals surface area contributed by atoms with Crippen LogP contribution in [0.4, 0.5) is 0 Å². The van der Waals surface area contributed by atoms with Crippen LogP contribution >= 0.6 is 0 Å². The molecule has 0 radical (unpaired) electrons. The molecule has 0 spiro atoms. The van der Waals surface area contributed by atoms with Crippen molar-refractivity contribution in [2.24, 2.45) is 11.8 Å². The summed E-state index contributed by atoms with van der Waals surface area (Å²) < 4.78 is 0. The van der Waals surface area contributed by atoms with Crippen molar-refractivity contribution in [3.63, 3.8) is 0 Å². The van der Waals surface area contributed by atoms with Crippen LogP contribution in [-0.4, -0.2) is 34.7 Å². The highest BCUT2D eigenvalue weighted by Gasteiger charge is 2.25. The maximum Gasteiger partial charge on any atom is 0.0490 e. The predicted molar refractivity (Wildman–Crippen MR) is 68.8 cm³/mol. The normalized spacial score (nSPS) is 26.9. The number of nitrogens with zero attached hydrogens (tertiary/aromatic N) is 2. The number of hydrogen-bond donors (Lipinski definition) is 1. The van der Waals surface area contributed by atoms with Crippen LogP contribution in [0.2, 0.25) is 0 Å². The van der Waals surface area contributed by atoms with Crippen LogP contribution in [0.25, 0.3) is 0 Å². The fraction of sp³-hybridized carbons (Fsp3) is 0.786. The maximum absolute atomic E-state index is 4.04. The van der Waals surface area contributed by atoms with Gasteiger partial charge in [0.05, 0.1) is 0 Å². The molecule has 1 aliphatic carbocycles. The number of hydrogen-bond acceptors (Lipinski definition) is 2. The van der Waals surface area contributed by atoms with Gasteiger partial charge in [-0.3, -0.25) is 5.10 Å². The summed E-state index contributed by atoms with van der Waals surface area (Å²) in [7, 11) is 0. The Morgan fingerprint density at radius 3 is 2.82 bits per heavy atom. The zero-order valence-electron chi connectivity index (χ0n) is 10.6. The maximum atomic E-state index is 4.04. The van der Waals surface area contributed by atoms with Crippen LogP contribution in [0, 0.1) is 11.8 Å². The molecule has 1 aromatic rings. The second-order valence-corrected chi connectivity index (χ2v) is 5.85. The number of likely N-dealkylation sites (tertiary alicyclic amines) is 1. The molecule has 94 valence electrons. The Bertz CT molecular complexity index is 329. The van der Waals surface area contributed by atoms with Crippen LogP contribution in [-0.2, 0) is 6.42 Å². The van der Waals surface area contributed by atoms with Crippen molar-refractivity contribution in [2.75, 3.05) is 19.6 Å². The van der Waals surface area contributed by atoms with Gasteiger partial charge < -0.3 is 4.90 Å². The van der Waals surface area contributed by atoms with Crippen LogP contribution in [0.5, 0.6) is 0 Å². The lowest BCUT2D eigenvalue weighted by Crippen LogP contribution is -2.40. The molecule has 3 nitrogen and oxygen atoms in total. The van der Waals surface area contributed by atoms with Crippen molar-refractivity contribution in [3.8, 4) is 0 Å². The number of piperidine rings is 1. The molecule has 0 unspecified atom stereocenters. The first kappa shape index (κ1) is 11.3. The van der Waals surface area contributed by atoms with Gasteiger partial charge in [0.2, 0.25) is 0 Å². The first-order chi connectivity index (χ1) is 8.40. The summed E-state index contributed by atoms with van der Waals surface area (Å²) in [4.78, 5) is 2.70. The molecule has 1 saturated carbocycles. The summed E-state index contributed by atoms with van der Waals surface area (Å²) in [6, 6.07) is 2.12. The molecule has 2 aliphatic rings. The first-order valence-corrected chi connectivity index (χ1v) is 7.11. The Kier molecular flexibility index (Phi) is 3.46. The lowest BCUT2D eigenvalue weighted by atomic mass is 9.84. The highest BCUT2D eigenvalue weighted by atomic mass is 15.1. The van der Waals surface area contributed by atoms with Crippen LogP contribution < -0.4 is 0 Å². The largest absolute Gasteiger partial charge is 0.303 e. The number of rotatable bonds is 4. The minimum atomic E-state index is 0.837. The van der Waals surface area contributed by atoms with E-state index >= 15 is 0 Å². The average molecular weight is 233 g/mol. The van der Waals surface area contributed by atoms with Crippen LogP contribution in [0.15, 0.2) is 12.3 Å². The van der Waals surface area contributed by atoms with E-state index in [9.17, 15) is 0 Å². The van der Waals surface area contributed by atoms with E-state index in [1.807, 2.05) is 6.20 Å². The standard InChI is InChI=1S/C14H23N3/c1-3-12(4-1)10-17-8-2-5-13(11-17)9-14-6-7-15-16-14/h6-7,12-13H,1-5,8-11H2,(H,15,16)/t13-/m1/s1. The van der Waals surface area contributed by atoms with Gasteiger partial charge in [-0.05, 0) is 56.6 Å².